The zero-order valence-corrected chi connectivity index (χ0v) is 87.7. The van der Waals surface area contributed by atoms with Gasteiger partial charge in [0.2, 0.25) is 0 Å². The molecule has 0 aliphatic heterocycles. The van der Waals surface area contributed by atoms with Crippen LogP contribution in [-0.2, 0) is 0 Å². The van der Waals surface area contributed by atoms with Crippen molar-refractivity contribution in [2.24, 2.45) is 0 Å². The number of aryl methyl sites for hydroxylation is 14. The van der Waals surface area contributed by atoms with Gasteiger partial charge in [0.25, 0.3) is 0 Å². The topological polar surface area (TPSA) is 26.3 Å². The van der Waals surface area contributed by atoms with Crippen LogP contribution in [0, 0.1) is 96.9 Å². The SMILES string of the molecule is Cc1cc2oc3cc(C)c4cc5ccccc5cc4c3c2c2ccccc12.Cc1cc2sc3cc(C)c4ccccc4c3c2c2ccccc12.Cc1ccc2c(c1)sc1cc(C)c3ccccc3c12.Cc1ccc2c(c1)sc1cc(C)ccc12.Cc1ccc2cc3c(cc2c1)oc1cc2cc(C)ccc2cc13.Cc1ccc2sc3ccc(C)cc3c2c1.Cc1cccc2c1ccc1sc3ccc4c(C)cccc4c3c12. The summed E-state index contributed by atoms with van der Waals surface area (Å²) in [4.78, 5) is 0. The molecule has 0 radical (unpaired) electrons. The summed E-state index contributed by atoms with van der Waals surface area (Å²) in [7, 11) is 0. The molecule has 145 heavy (non-hydrogen) atoms. The number of furan rings is 2. The van der Waals surface area contributed by atoms with Crippen LogP contribution in [0.2, 0.25) is 0 Å². The Morgan fingerprint density at radius 3 is 0.862 bits per heavy atom. The molecule has 0 saturated heterocycles. The largest absolute Gasteiger partial charge is 0.456 e. The van der Waals surface area contributed by atoms with Crippen LogP contribution in [0.15, 0.2) is 385 Å². The Bertz CT molecular complexity index is 10400. The van der Waals surface area contributed by atoms with Crippen molar-refractivity contribution in [1.82, 2.24) is 0 Å². The Balaban J connectivity index is 0.0000000891. The fourth-order valence-corrected chi connectivity index (χ4v) is 28.8. The maximum Gasteiger partial charge on any atom is 0.136 e. The Morgan fingerprint density at radius 2 is 0.400 bits per heavy atom. The first-order valence-electron chi connectivity index (χ1n) is 50.1. The molecule has 31 rings (SSSR count). The maximum atomic E-state index is 6.34. The minimum absolute atomic E-state index is 0.963. The molecule has 7 heteroatoms. The van der Waals surface area contributed by atoms with E-state index in [-0.39, 0.29) is 0 Å². The number of hydrogen-bond donors (Lipinski definition) is 0. The third-order valence-electron chi connectivity index (χ3n) is 29.8. The predicted molar refractivity (Wildman–Crippen MR) is 645 cm³/mol. The lowest BCUT2D eigenvalue weighted by Crippen LogP contribution is -1.83. The van der Waals surface area contributed by atoms with Crippen molar-refractivity contribution in [3.63, 3.8) is 0 Å². The van der Waals surface area contributed by atoms with Gasteiger partial charge in [-0.15, -0.1) is 56.7 Å². The Kier molecular flexibility index (Phi) is 22.8. The summed E-state index contributed by atoms with van der Waals surface area (Å²) in [6.07, 6.45) is 0. The molecule has 0 amide bonds. The minimum atomic E-state index is 0.963. The lowest BCUT2D eigenvalue weighted by molar-refractivity contribution is 0.668. The highest BCUT2D eigenvalue weighted by molar-refractivity contribution is 7.27. The molecule has 7 heterocycles. The van der Waals surface area contributed by atoms with Crippen LogP contribution in [0.1, 0.15) is 77.9 Å². The zero-order valence-electron chi connectivity index (χ0n) is 83.7. The minimum Gasteiger partial charge on any atom is -0.456 e. The molecule has 2 nitrogen and oxygen atoms in total. The molecule has 24 aromatic carbocycles. The standard InChI is InChI=1S/C26H18O.C22H16O.2C22H16S.C18H14S.2C14H12S/c1-15-11-23-25(20-10-6-5-9-19(15)20)26-22-14-18-8-4-3-7-17(18)13-21(22)16(2)12-24(26)27-23;1-13-3-5-15-9-19-20-10-16-6-4-14(2)8-18(16)12-22(20)23-21(19)11-17(15)7-13;1-13-5-3-7-17-15(13)9-11-19-21(17)22-18-8-4-6-14(2)16(18)10-12-20(22)23-19;1-13-11-19-21(17-9-5-3-7-15(13)17)22-18-10-6-4-8-16(18)14(2)12-20(22)23-19;1-11-7-8-15-16(9-11)19-17-10-12(2)13-5-3-4-6-14(13)18(15)17;1-9-3-5-13-11(7-9)12-8-10(2)4-6-14(12)15-13;1-9-3-5-11-12-6-4-10(2)8-14(12)15-13(11)7-9/h3-14H,1-2H3;3*3-12H,1-2H3;3-10H,1-2H3;2*3-8H,1-2H3. The quantitative estimate of drug-likeness (QED) is 0.141. The third-order valence-corrected chi connectivity index (χ3v) is 35.4. The average Bonchev–Trinajstić information content (AvgIpc) is 1.60. The van der Waals surface area contributed by atoms with Gasteiger partial charge in [-0.1, -0.05) is 277 Å². The first kappa shape index (κ1) is 90.8. The van der Waals surface area contributed by atoms with Crippen molar-refractivity contribution < 1.29 is 8.83 Å². The predicted octanol–water partition coefficient (Wildman–Crippen LogP) is 43.3. The van der Waals surface area contributed by atoms with Gasteiger partial charge in [0.1, 0.15) is 22.3 Å². The van der Waals surface area contributed by atoms with E-state index in [0.29, 0.717) is 0 Å². The smallest absolute Gasteiger partial charge is 0.136 e. The summed E-state index contributed by atoms with van der Waals surface area (Å²) in [5, 5.41) is 45.3. The van der Waals surface area contributed by atoms with Crippen LogP contribution < -0.4 is 0 Å². The van der Waals surface area contributed by atoms with E-state index < -0.39 is 0 Å². The summed E-state index contributed by atoms with van der Waals surface area (Å²) in [5.74, 6) is 0. The summed E-state index contributed by atoms with van der Waals surface area (Å²) >= 11 is 9.50. The average molecular weight is 1950 g/mol. The van der Waals surface area contributed by atoms with Gasteiger partial charge < -0.3 is 8.83 Å². The van der Waals surface area contributed by atoms with Crippen LogP contribution in [0.25, 0.3) is 252 Å². The Labute approximate surface area is 861 Å². The highest BCUT2D eigenvalue weighted by Gasteiger charge is 2.22. The van der Waals surface area contributed by atoms with Gasteiger partial charge in [0.05, 0.1) is 0 Å². The van der Waals surface area contributed by atoms with Crippen molar-refractivity contribution in [2.45, 2.75) is 96.9 Å². The summed E-state index contributed by atoms with van der Waals surface area (Å²) in [6, 6.07) is 138. The van der Waals surface area contributed by atoms with Crippen molar-refractivity contribution >= 4 is 309 Å². The first-order valence-corrected chi connectivity index (χ1v) is 54.2. The number of thiophene rings is 5. The summed E-state index contributed by atoms with van der Waals surface area (Å²) < 4.78 is 26.4. The third kappa shape index (κ3) is 16.2. The van der Waals surface area contributed by atoms with Crippen molar-refractivity contribution in [1.29, 1.82) is 0 Å². The van der Waals surface area contributed by atoms with E-state index in [9.17, 15) is 0 Å². The zero-order chi connectivity index (χ0) is 98.6. The lowest BCUT2D eigenvalue weighted by Gasteiger charge is -2.08. The van der Waals surface area contributed by atoms with Crippen LogP contribution in [0.4, 0.5) is 0 Å². The normalized spacial score (nSPS) is 11.8. The fraction of sp³-hybridized carbons (Fsp3) is 0.101. The van der Waals surface area contributed by atoms with Crippen LogP contribution >= 0.6 is 56.7 Å². The van der Waals surface area contributed by atoms with E-state index in [1.165, 1.54) is 308 Å². The molecule has 0 bridgehead atoms. The second kappa shape index (κ2) is 36.5. The molecule has 698 valence electrons. The van der Waals surface area contributed by atoms with Crippen LogP contribution in [-0.4, -0.2) is 0 Å². The molecule has 7 aromatic heterocycles. The molecule has 0 N–H and O–H groups in total. The Morgan fingerprint density at radius 1 is 0.124 bits per heavy atom. The van der Waals surface area contributed by atoms with Gasteiger partial charge in [-0.2, -0.15) is 0 Å². The lowest BCUT2D eigenvalue weighted by atomic mass is 9.94. The van der Waals surface area contributed by atoms with Crippen molar-refractivity contribution in [3.8, 4) is 0 Å². The molecule has 0 aliphatic carbocycles. The number of fused-ring (bicyclic) bond motifs is 38. The van der Waals surface area contributed by atoms with Crippen LogP contribution in [0.5, 0.6) is 0 Å². The molecular formula is C138H104O2S5. The van der Waals surface area contributed by atoms with Gasteiger partial charge in [0.15, 0.2) is 0 Å². The number of benzene rings is 24. The first-order chi connectivity index (χ1) is 70.6. The molecule has 0 fully saturated rings. The highest BCUT2D eigenvalue weighted by atomic mass is 32.1. The highest BCUT2D eigenvalue weighted by Crippen LogP contribution is 2.50. The van der Waals surface area contributed by atoms with Crippen molar-refractivity contribution in [3.05, 3.63) is 454 Å². The van der Waals surface area contributed by atoms with Gasteiger partial charge in [-0.25, -0.2) is 0 Å². The maximum absolute atomic E-state index is 6.34. The molecule has 31 aromatic rings. The summed E-state index contributed by atoms with van der Waals surface area (Å²) in [6.45, 7) is 30.4. The molecular weight excluding hydrogens is 1850 g/mol. The van der Waals surface area contributed by atoms with Crippen molar-refractivity contribution in [2.75, 3.05) is 0 Å². The van der Waals surface area contributed by atoms with E-state index in [2.05, 4.69) is 473 Å². The number of rotatable bonds is 0. The van der Waals surface area contributed by atoms with E-state index in [4.69, 9.17) is 8.83 Å². The van der Waals surface area contributed by atoms with Gasteiger partial charge in [-0.3, -0.25) is 0 Å². The number of hydrogen-bond acceptors (Lipinski definition) is 7. The van der Waals surface area contributed by atoms with Gasteiger partial charge in [0, 0.05) is 122 Å². The van der Waals surface area contributed by atoms with Gasteiger partial charge >= 0.3 is 0 Å². The molecule has 0 spiro atoms. The monoisotopic (exact) mass is 1950 g/mol. The second-order valence-electron chi connectivity index (χ2n) is 40.1. The van der Waals surface area contributed by atoms with E-state index >= 15 is 0 Å². The van der Waals surface area contributed by atoms with E-state index in [0.717, 1.165) is 22.3 Å². The fourth-order valence-electron chi connectivity index (χ4n) is 22.6. The molecule has 0 unspecified atom stereocenters. The van der Waals surface area contributed by atoms with E-state index in [1.807, 2.05) is 56.7 Å². The molecule has 0 aliphatic rings. The summed E-state index contributed by atoms with van der Waals surface area (Å²) in [5.41, 5.74) is 22.4. The molecule has 0 saturated carbocycles. The van der Waals surface area contributed by atoms with Gasteiger partial charge in [-0.05, 0) is 382 Å². The Hall–Kier alpha value is -15.4. The van der Waals surface area contributed by atoms with E-state index in [1.54, 1.807) is 0 Å². The second-order valence-corrected chi connectivity index (χ2v) is 45.5. The molecule has 0 atom stereocenters. The van der Waals surface area contributed by atoms with Crippen LogP contribution in [0.3, 0.4) is 0 Å².